The summed E-state index contributed by atoms with van der Waals surface area (Å²) in [6.07, 6.45) is 3.36. The maximum Gasteiger partial charge on any atom is 0.320 e. The molecule has 0 unspecified atom stereocenters. The van der Waals surface area contributed by atoms with Crippen LogP contribution in [0.15, 0.2) is 34.9 Å². The molecular formula is C14H15NO3. The first-order valence-corrected chi connectivity index (χ1v) is 6.17. The number of hydrogen-bond acceptors (Lipinski definition) is 3. The van der Waals surface area contributed by atoms with E-state index in [-0.39, 0.29) is 6.04 Å². The average molecular weight is 245 g/mol. The van der Waals surface area contributed by atoms with Gasteiger partial charge in [-0.25, -0.2) is 0 Å². The highest BCUT2D eigenvalue weighted by molar-refractivity contribution is 5.80. The maximum atomic E-state index is 11.2. The topological polar surface area (TPSA) is 53.7 Å². The Balaban J connectivity index is 1.88. The number of likely N-dealkylation sites (tertiary alicyclic amines) is 1. The van der Waals surface area contributed by atoms with Crippen LogP contribution in [0.25, 0.3) is 11.0 Å². The van der Waals surface area contributed by atoms with E-state index in [1.807, 2.05) is 29.2 Å². The number of para-hydroxylation sites is 1. The minimum Gasteiger partial charge on any atom is -0.480 e. The zero-order valence-electron chi connectivity index (χ0n) is 10.0. The predicted molar refractivity (Wildman–Crippen MR) is 67.3 cm³/mol. The van der Waals surface area contributed by atoms with E-state index < -0.39 is 5.97 Å². The normalized spacial score (nSPS) is 20.6. The summed E-state index contributed by atoms with van der Waals surface area (Å²) in [5.41, 5.74) is 1.93. The first kappa shape index (κ1) is 11.3. The van der Waals surface area contributed by atoms with Crippen molar-refractivity contribution in [3.63, 3.8) is 0 Å². The third kappa shape index (κ3) is 1.88. The van der Waals surface area contributed by atoms with E-state index in [9.17, 15) is 4.79 Å². The molecule has 3 rings (SSSR count). The van der Waals surface area contributed by atoms with E-state index in [0.717, 1.165) is 35.9 Å². The van der Waals surface area contributed by atoms with Crippen molar-refractivity contribution >= 4 is 16.9 Å². The quantitative estimate of drug-likeness (QED) is 0.902. The van der Waals surface area contributed by atoms with Gasteiger partial charge in [0.25, 0.3) is 0 Å². The Labute approximate surface area is 105 Å². The Morgan fingerprint density at radius 2 is 2.33 bits per heavy atom. The second kappa shape index (κ2) is 4.46. The first-order valence-electron chi connectivity index (χ1n) is 6.17. The van der Waals surface area contributed by atoms with Gasteiger partial charge >= 0.3 is 5.97 Å². The molecular weight excluding hydrogens is 230 g/mol. The van der Waals surface area contributed by atoms with Crippen LogP contribution in [0.5, 0.6) is 0 Å². The van der Waals surface area contributed by atoms with Crippen molar-refractivity contribution in [2.24, 2.45) is 0 Å². The van der Waals surface area contributed by atoms with Gasteiger partial charge in [-0.15, -0.1) is 0 Å². The molecule has 1 atom stereocenters. The summed E-state index contributed by atoms with van der Waals surface area (Å²) < 4.78 is 5.48. The second-order valence-corrected chi connectivity index (χ2v) is 4.72. The van der Waals surface area contributed by atoms with Crippen LogP contribution < -0.4 is 0 Å². The summed E-state index contributed by atoms with van der Waals surface area (Å²) in [5.74, 6) is -0.723. The molecule has 1 aliphatic heterocycles. The molecule has 1 aromatic carbocycles. The number of nitrogens with zero attached hydrogens (tertiary/aromatic N) is 1. The van der Waals surface area contributed by atoms with E-state index in [1.54, 1.807) is 6.26 Å². The third-order valence-electron chi connectivity index (χ3n) is 3.58. The molecule has 0 bridgehead atoms. The van der Waals surface area contributed by atoms with E-state index in [0.29, 0.717) is 6.54 Å². The van der Waals surface area contributed by atoms with Crippen LogP contribution in [0, 0.1) is 0 Å². The fraction of sp³-hybridized carbons (Fsp3) is 0.357. The molecule has 1 aromatic heterocycles. The molecule has 2 aromatic rings. The van der Waals surface area contributed by atoms with Gasteiger partial charge in [-0.1, -0.05) is 18.2 Å². The lowest BCUT2D eigenvalue weighted by atomic mass is 10.1. The van der Waals surface area contributed by atoms with Gasteiger partial charge in [0, 0.05) is 17.5 Å². The van der Waals surface area contributed by atoms with Crippen molar-refractivity contribution in [3.8, 4) is 0 Å². The zero-order chi connectivity index (χ0) is 12.5. The van der Waals surface area contributed by atoms with Crippen LogP contribution in [0.2, 0.25) is 0 Å². The van der Waals surface area contributed by atoms with Gasteiger partial charge in [-0.05, 0) is 25.5 Å². The number of fused-ring (bicyclic) bond motifs is 1. The molecule has 2 heterocycles. The highest BCUT2D eigenvalue weighted by atomic mass is 16.4. The molecule has 0 amide bonds. The van der Waals surface area contributed by atoms with Gasteiger partial charge in [0.1, 0.15) is 11.6 Å². The van der Waals surface area contributed by atoms with E-state index >= 15 is 0 Å². The Bertz CT molecular complexity index is 575. The lowest BCUT2D eigenvalue weighted by molar-refractivity contribution is -0.142. The molecule has 18 heavy (non-hydrogen) atoms. The number of carboxylic acid groups (broad SMARTS) is 1. The summed E-state index contributed by atoms with van der Waals surface area (Å²) in [5, 5.41) is 10.2. The third-order valence-corrected chi connectivity index (χ3v) is 3.58. The highest BCUT2D eigenvalue weighted by Crippen LogP contribution is 2.25. The van der Waals surface area contributed by atoms with E-state index in [1.165, 1.54) is 0 Å². The summed E-state index contributed by atoms with van der Waals surface area (Å²) >= 11 is 0. The minimum absolute atomic E-state index is 0.352. The molecule has 1 fully saturated rings. The smallest absolute Gasteiger partial charge is 0.320 e. The lowest BCUT2D eigenvalue weighted by Crippen LogP contribution is -2.35. The van der Waals surface area contributed by atoms with Gasteiger partial charge < -0.3 is 9.52 Å². The molecule has 0 aliphatic carbocycles. The van der Waals surface area contributed by atoms with Crippen molar-refractivity contribution in [3.05, 3.63) is 36.1 Å². The molecule has 4 heteroatoms. The van der Waals surface area contributed by atoms with Crippen LogP contribution >= 0.6 is 0 Å². The van der Waals surface area contributed by atoms with Crippen molar-refractivity contribution in [1.82, 2.24) is 4.90 Å². The number of furan rings is 1. The Morgan fingerprint density at radius 1 is 1.44 bits per heavy atom. The van der Waals surface area contributed by atoms with Crippen LogP contribution in [0.4, 0.5) is 0 Å². The van der Waals surface area contributed by atoms with Gasteiger partial charge in [-0.3, -0.25) is 9.69 Å². The van der Waals surface area contributed by atoms with Gasteiger partial charge in [0.2, 0.25) is 0 Å². The van der Waals surface area contributed by atoms with Crippen molar-refractivity contribution < 1.29 is 14.3 Å². The average Bonchev–Trinajstić information content (AvgIpc) is 2.96. The molecule has 0 radical (unpaired) electrons. The van der Waals surface area contributed by atoms with Crippen molar-refractivity contribution in [2.75, 3.05) is 6.54 Å². The van der Waals surface area contributed by atoms with Crippen LogP contribution in [0.1, 0.15) is 18.4 Å². The standard InChI is InChI=1S/C14H15NO3/c16-14(17)12-5-2-7-15(12)9-11-4-1-3-10-6-8-18-13(10)11/h1,3-4,6,8,12H,2,5,7,9H2,(H,16,17)/t12-/m0/s1. The number of hydrogen-bond donors (Lipinski definition) is 1. The predicted octanol–water partition coefficient (Wildman–Crippen LogP) is 2.48. The first-order chi connectivity index (χ1) is 8.75. The fourth-order valence-corrected chi connectivity index (χ4v) is 2.69. The van der Waals surface area contributed by atoms with E-state index in [4.69, 9.17) is 9.52 Å². The largest absolute Gasteiger partial charge is 0.480 e. The van der Waals surface area contributed by atoms with Gasteiger partial charge in [-0.2, -0.15) is 0 Å². The minimum atomic E-state index is -0.723. The highest BCUT2D eigenvalue weighted by Gasteiger charge is 2.30. The SMILES string of the molecule is O=C(O)[C@@H]1CCCN1Cc1cccc2ccoc12. The molecule has 0 saturated carbocycles. The summed E-state index contributed by atoms with van der Waals surface area (Å²) in [4.78, 5) is 13.2. The number of carbonyl (C=O) groups is 1. The second-order valence-electron chi connectivity index (χ2n) is 4.72. The fourth-order valence-electron chi connectivity index (χ4n) is 2.69. The number of benzene rings is 1. The lowest BCUT2D eigenvalue weighted by Gasteiger charge is -2.20. The molecule has 1 N–H and O–H groups in total. The summed E-state index contributed by atoms with van der Waals surface area (Å²) in [6, 6.07) is 7.57. The molecule has 1 aliphatic rings. The van der Waals surface area contributed by atoms with Gasteiger partial charge in [0.15, 0.2) is 0 Å². The number of rotatable bonds is 3. The Morgan fingerprint density at radius 3 is 3.17 bits per heavy atom. The number of aliphatic carboxylic acids is 1. The molecule has 0 spiro atoms. The molecule has 4 nitrogen and oxygen atoms in total. The van der Waals surface area contributed by atoms with Crippen molar-refractivity contribution in [2.45, 2.75) is 25.4 Å². The Hall–Kier alpha value is -1.81. The van der Waals surface area contributed by atoms with Crippen LogP contribution in [-0.2, 0) is 11.3 Å². The van der Waals surface area contributed by atoms with Crippen LogP contribution in [-0.4, -0.2) is 28.6 Å². The number of carboxylic acids is 1. The zero-order valence-corrected chi connectivity index (χ0v) is 10.0. The molecule has 94 valence electrons. The van der Waals surface area contributed by atoms with Crippen molar-refractivity contribution in [1.29, 1.82) is 0 Å². The van der Waals surface area contributed by atoms with E-state index in [2.05, 4.69) is 0 Å². The Kier molecular flexibility index (Phi) is 2.80. The summed E-state index contributed by atoms with van der Waals surface area (Å²) in [7, 11) is 0. The maximum absolute atomic E-state index is 11.2. The van der Waals surface area contributed by atoms with Crippen LogP contribution in [0.3, 0.4) is 0 Å². The monoisotopic (exact) mass is 245 g/mol. The molecule has 1 saturated heterocycles. The summed E-state index contributed by atoms with van der Waals surface area (Å²) in [6.45, 7) is 1.48. The van der Waals surface area contributed by atoms with Gasteiger partial charge in [0.05, 0.1) is 6.26 Å².